The lowest BCUT2D eigenvalue weighted by Gasteiger charge is -2.24. The summed E-state index contributed by atoms with van der Waals surface area (Å²) in [6.07, 6.45) is 1.12. The monoisotopic (exact) mass is 352 g/mol. The number of aromatic nitrogens is 1. The van der Waals surface area contributed by atoms with E-state index in [1.54, 1.807) is 11.3 Å². The first kappa shape index (κ1) is 15.9. The summed E-state index contributed by atoms with van der Waals surface area (Å²) < 4.78 is 4.73. The number of halogens is 2. The van der Waals surface area contributed by atoms with Gasteiger partial charge in [-0.15, -0.1) is 23.7 Å². The van der Waals surface area contributed by atoms with E-state index in [9.17, 15) is 0 Å². The molecule has 2 nitrogen and oxygen atoms in total. The molecule has 1 aliphatic rings. The highest BCUT2D eigenvalue weighted by molar-refractivity contribution is 7.22. The summed E-state index contributed by atoms with van der Waals surface area (Å²) in [4.78, 5) is 2.39. The van der Waals surface area contributed by atoms with Crippen LogP contribution in [0.15, 0.2) is 36.4 Å². The van der Waals surface area contributed by atoms with E-state index in [1.807, 2.05) is 0 Å². The van der Waals surface area contributed by atoms with Crippen molar-refractivity contribution in [3.05, 3.63) is 57.6 Å². The van der Waals surface area contributed by atoms with Gasteiger partial charge in [0.15, 0.2) is 0 Å². The number of nitrogens with zero attached hydrogens (tertiary/aromatic N) is 2. The molecule has 0 fully saturated rings. The zero-order valence-corrected chi connectivity index (χ0v) is 14.8. The third-order valence-corrected chi connectivity index (χ3v) is 5.58. The molecular formula is C17H18Cl2N2S. The molecular weight excluding hydrogens is 335 g/mol. The topological polar surface area (TPSA) is 8.17 Å². The molecule has 0 saturated carbocycles. The Morgan fingerprint density at radius 2 is 2.00 bits per heavy atom. The van der Waals surface area contributed by atoms with Gasteiger partial charge >= 0.3 is 0 Å². The van der Waals surface area contributed by atoms with E-state index < -0.39 is 0 Å². The summed E-state index contributed by atoms with van der Waals surface area (Å²) in [6.45, 7) is 3.10. The van der Waals surface area contributed by atoms with Gasteiger partial charge in [-0.2, -0.15) is 0 Å². The Balaban J connectivity index is 0.00000144. The van der Waals surface area contributed by atoms with Crippen molar-refractivity contribution in [2.75, 3.05) is 13.6 Å². The maximum absolute atomic E-state index is 6.27. The Labute approximate surface area is 145 Å². The summed E-state index contributed by atoms with van der Waals surface area (Å²) >= 11 is 7.99. The summed E-state index contributed by atoms with van der Waals surface area (Å²) in [6, 6.07) is 12.8. The van der Waals surface area contributed by atoms with Gasteiger partial charge in [0.05, 0.1) is 14.6 Å². The third-order valence-electron chi connectivity index (χ3n) is 4.26. The second-order valence-corrected chi connectivity index (χ2v) is 7.43. The number of benzene rings is 1. The van der Waals surface area contributed by atoms with Crippen molar-refractivity contribution in [1.29, 1.82) is 0 Å². The normalized spacial score (nSPS) is 14.8. The van der Waals surface area contributed by atoms with E-state index in [1.165, 1.54) is 27.0 Å². The van der Waals surface area contributed by atoms with Gasteiger partial charge in [0.25, 0.3) is 0 Å². The highest BCUT2D eigenvalue weighted by Gasteiger charge is 2.24. The minimum Gasteiger partial charge on any atom is -0.339 e. The van der Waals surface area contributed by atoms with Crippen molar-refractivity contribution in [3.63, 3.8) is 0 Å². The molecule has 0 unspecified atom stereocenters. The van der Waals surface area contributed by atoms with Crippen molar-refractivity contribution in [3.8, 4) is 0 Å². The number of fused-ring (bicyclic) bond motifs is 3. The lowest BCUT2D eigenvalue weighted by atomic mass is 10.1. The predicted molar refractivity (Wildman–Crippen MR) is 97.7 cm³/mol. The average Bonchev–Trinajstić information content (AvgIpc) is 2.98. The van der Waals surface area contributed by atoms with E-state index in [0.717, 1.165) is 30.4 Å². The van der Waals surface area contributed by atoms with Crippen molar-refractivity contribution in [2.24, 2.45) is 0 Å². The molecule has 3 aromatic rings. The number of hydrogen-bond acceptors (Lipinski definition) is 2. The minimum absolute atomic E-state index is 0. The smallest absolute Gasteiger partial charge is 0.0956 e. The predicted octanol–water partition coefficient (Wildman–Crippen LogP) is 4.81. The van der Waals surface area contributed by atoms with Crippen molar-refractivity contribution >= 4 is 45.6 Å². The Kier molecular flexibility index (Phi) is 4.51. The standard InChI is InChI=1S/C17H17ClN2S.ClH/c1-19-8-7-14-13(11-19)17-15(9-16(18)21-17)20(14)10-12-5-3-2-4-6-12;/h2-6,9H,7-8,10-11H2,1H3;1H. The van der Waals surface area contributed by atoms with Crippen LogP contribution in [0, 0.1) is 0 Å². The van der Waals surface area contributed by atoms with Gasteiger partial charge in [0.1, 0.15) is 0 Å². The Morgan fingerprint density at radius 1 is 1.23 bits per heavy atom. The highest BCUT2D eigenvalue weighted by Crippen LogP contribution is 2.38. The molecule has 0 N–H and O–H groups in total. The number of thiophene rings is 1. The van der Waals surface area contributed by atoms with Crippen LogP contribution < -0.4 is 0 Å². The van der Waals surface area contributed by atoms with Crippen LogP contribution >= 0.6 is 35.3 Å². The minimum atomic E-state index is 0. The van der Waals surface area contributed by atoms with Gasteiger partial charge in [-0.25, -0.2) is 0 Å². The maximum Gasteiger partial charge on any atom is 0.0956 e. The Hall–Kier alpha value is -1.00. The molecule has 0 bridgehead atoms. The van der Waals surface area contributed by atoms with Crippen molar-refractivity contribution in [1.82, 2.24) is 9.47 Å². The van der Waals surface area contributed by atoms with Gasteiger partial charge in [-0.3, -0.25) is 0 Å². The van der Waals surface area contributed by atoms with E-state index in [-0.39, 0.29) is 12.4 Å². The molecule has 0 amide bonds. The largest absolute Gasteiger partial charge is 0.339 e. The second kappa shape index (κ2) is 6.25. The fraction of sp³-hybridized carbons (Fsp3) is 0.294. The Morgan fingerprint density at radius 3 is 2.77 bits per heavy atom. The fourth-order valence-electron chi connectivity index (χ4n) is 3.25. The van der Waals surface area contributed by atoms with Crippen LogP contribution in [0.5, 0.6) is 0 Å². The van der Waals surface area contributed by atoms with Crippen LogP contribution in [0.25, 0.3) is 10.2 Å². The molecule has 1 aromatic carbocycles. The third kappa shape index (κ3) is 2.67. The van der Waals surface area contributed by atoms with Crippen molar-refractivity contribution < 1.29 is 0 Å². The van der Waals surface area contributed by atoms with Gasteiger partial charge < -0.3 is 9.47 Å². The van der Waals surface area contributed by atoms with Crippen LogP contribution in [0.3, 0.4) is 0 Å². The SMILES string of the molecule is CN1CCc2c(c3sc(Cl)cc3n2Cc2ccccc2)C1.Cl. The molecule has 0 radical (unpaired) electrons. The molecule has 0 spiro atoms. The zero-order valence-electron chi connectivity index (χ0n) is 12.4. The van der Waals surface area contributed by atoms with Crippen LogP contribution in [0.1, 0.15) is 16.8 Å². The molecule has 116 valence electrons. The van der Waals surface area contributed by atoms with Crippen LogP contribution in [0.4, 0.5) is 0 Å². The molecule has 0 aliphatic carbocycles. The van der Waals surface area contributed by atoms with E-state index in [2.05, 4.69) is 52.9 Å². The van der Waals surface area contributed by atoms with Gasteiger partial charge in [-0.1, -0.05) is 41.9 Å². The first-order valence-corrected chi connectivity index (χ1v) is 8.43. The van der Waals surface area contributed by atoms with Crippen LogP contribution in [-0.2, 0) is 19.5 Å². The molecule has 1 aliphatic heterocycles. The second-order valence-electron chi connectivity index (χ2n) is 5.75. The highest BCUT2D eigenvalue weighted by atomic mass is 35.5. The van der Waals surface area contributed by atoms with Gasteiger partial charge in [0.2, 0.25) is 0 Å². The molecule has 3 heterocycles. The Bertz CT molecular complexity index is 792. The molecule has 4 rings (SSSR count). The van der Waals surface area contributed by atoms with Crippen molar-refractivity contribution in [2.45, 2.75) is 19.5 Å². The zero-order chi connectivity index (χ0) is 14.4. The first-order valence-electron chi connectivity index (χ1n) is 7.24. The molecule has 5 heteroatoms. The number of rotatable bonds is 2. The molecule has 0 saturated heterocycles. The quantitative estimate of drug-likeness (QED) is 0.642. The fourth-order valence-corrected chi connectivity index (χ4v) is 4.53. The number of likely N-dealkylation sites (N-methyl/N-ethyl adjacent to an activating group) is 1. The number of hydrogen-bond donors (Lipinski definition) is 0. The molecule has 2 aromatic heterocycles. The summed E-state index contributed by atoms with van der Waals surface area (Å²) in [7, 11) is 2.19. The first-order chi connectivity index (χ1) is 10.2. The average molecular weight is 353 g/mol. The van der Waals surface area contributed by atoms with Gasteiger partial charge in [0, 0.05) is 37.3 Å². The maximum atomic E-state index is 6.27. The van der Waals surface area contributed by atoms with Gasteiger partial charge in [-0.05, 0) is 18.7 Å². The van der Waals surface area contributed by atoms with Crippen LogP contribution in [-0.4, -0.2) is 23.1 Å². The lowest BCUT2D eigenvalue weighted by Crippen LogP contribution is -2.27. The molecule has 0 atom stereocenters. The summed E-state index contributed by atoms with van der Waals surface area (Å²) in [5.41, 5.74) is 5.62. The lowest BCUT2D eigenvalue weighted by molar-refractivity contribution is 0.310. The summed E-state index contributed by atoms with van der Waals surface area (Å²) in [5.74, 6) is 0. The molecule has 22 heavy (non-hydrogen) atoms. The van der Waals surface area contributed by atoms with E-state index in [4.69, 9.17) is 11.6 Å². The summed E-state index contributed by atoms with van der Waals surface area (Å²) in [5, 5.41) is 0. The van der Waals surface area contributed by atoms with E-state index in [0.29, 0.717) is 0 Å². The van der Waals surface area contributed by atoms with E-state index >= 15 is 0 Å². The van der Waals surface area contributed by atoms with Crippen LogP contribution in [0.2, 0.25) is 4.34 Å².